The molecule has 1 N–H and O–H groups in total. The van der Waals surface area contributed by atoms with Crippen LogP contribution in [0.15, 0.2) is 0 Å². The Balaban J connectivity index is 3.31. The third-order valence-corrected chi connectivity index (χ3v) is 3.53. The number of unbranched alkanes of at least 4 members (excludes halogenated alkanes) is 3. The van der Waals surface area contributed by atoms with Crippen molar-refractivity contribution in [3.63, 3.8) is 0 Å². The molecule has 0 fully saturated rings. The van der Waals surface area contributed by atoms with Gasteiger partial charge in [0, 0.05) is 0 Å². The van der Waals surface area contributed by atoms with Crippen LogP contribution in [0.25, 0.3) is 0 Å². The van der Waals surface area contributed by atoms with Gasteiger partial charge in [-0.15, -0.1) is 0 Å². The second kappa shape index (κ2) is 14.3. The van der Waals surface area contributed by atoms with E-state index in [1.165, 1.54) is 77.8 Å². The highest BCUT2D eigenvalue weighted by atomic mass is 15.1. The van der Waals surface area contributed by atoms with E-state index in [0.29, 0.717) is 0 Å². The summed E-state index contributed by atoms with van der Waals surface area (Å²) >= 11 is 0. The summed E-state index contributed by atoms with van der Waals surface area (Å²) in [5.41, 5.74) is 0. The first-order valence-corrected chi connectivity index (χ1v) is 8.28. The van der Waals surface area contributed by atoms with Gasteiger partial charge in [0.15, 0.2) is 0 Å². The van der Waals surface area contributed by atoms with Gasteiger partial charge in [0.05, 0.1) is 0 Å². The van der Waals surface area contributed by atoms with Crippen LogP contribution >= 0.6 is 0 Å². The standard InChI is InChI=1S/C16H37N3/c1-5-12-17-13-9-7-8-10-15-19(6-2)16-11-14-18(3)4/h17H,5-16H2,1-4H3. The Morgan fingerprint density at radius 3 is 2.05 bits per heavy atom. The van der Waals surface area contributed by atoms with E-state index in [-0.39, 0.29) is 0 Å². The predicted molar refractivity (Wildman–Crippen MR) is 86.9 cm³/mol. The Bertz CT molecular complexity index is 171. The molecule has 3 heteroatoms. The van der Waals surface area contributed by atoms with Crippen molar-refractivity contribution in [1.82, 2.24) is 15.1 Å². The van der Waals surface area contributed by atoms with Gasteiger partial charge in [-0.05, 0) is 79.0 Å². The minimum Gasteiger partial charge on any atom is -0.317 e. The number of nitrogens with one attached hydrogen (secondary N) is 1. The van der Waals surface area contributed by atoms with Crippen LogP contribution in [0, 0.1) is 0 Å². The fourth-order valence-electron chi connectivity index (χ4n) is 2.28. The van der Waals surface area contributed by atoms with Gasteiger partial charge < -0.3 is 15.1 Å². The van der Waals surface area contributed by atoms with E-state index in [4.69, 9.17) is 0 Å². The van der Waals surface area contributed by atoms with Crippen LogP contribution in [-0.2, 0) is 0 Å². The topological polar surface area (TPSA) is 18.5 Å². The van der Waals surface area contributed by atoms with Gasteiger partial charge in [0.2, 0.25) is 0 Å². The average molecular weight is 271 g/mol. The summed E-state index contributed by atoms with van der Waals surface area (Å²) in [6.07, 6.45) is 8.01. The van der Waals surface area contributed by atoms with E-state index in [2.05, 4.69) is 43.1 Å². The van der Waals surface area contributed by atoms with Crippen molar-refractivity contribution in [3.8, 4) is 0 Å². The van der Waals surface area contributed by atoms with Crippen molar-refractivity contribution in [3.05, 3.63) is 0 Å². The largest absolute Gasteiger partial charge is 0.317 e. The summed E-state index contributed by atoms with van der Waals surface area (Å²) < 4.78 is 0. The van der Waals surface area contributed by atoms with Gasteiger partial charge in [0.1, 0.15) is 0 Å². The highest BCUT2D eigenvalue weighted by Gasteiger charge is 2.02. The van der Waals surface area contributed by atoms with Crippen LogP contribution in [0.4, 0.5) is 0 Å². The Morgan fingerprint density at radius 2 is 1.42 bits per heavy atom. The Hall–Kier alpha value is -0.120. The molecule has 0 aliphatic rings. The van der Waals surface area contributed by atoms with Gasteiger partial charge in [-0.1, -0.05) is 26.7 Å². The zero-order valence-corrected chi connectivity index (χ0v) is 13.9. The van der Waals surface area contributed by atoms with Gasteiger partial charge in [-0.2, -0.15) is 0 Å². The fraction of sp³-hybridized carbons (Fsp3) is 1.00. The lowest BCUT2D eigenvalue weighted by Crippen LogP contribution is -2.28. The molecule has 116 valence electrons. The number of rotatable bonds is 14. The molecule has 0 aliphatic carbocycles. The summed E-state index contributed by atoms with van der Waals surface area (Å²) in [6.45, 7) is 11.8. The van der Waals surface area contributed by atoms with E-state index < -0.39 is 0 Å². The molecule has 0 spiro atoms. The van der Waals surface area contributed by atoms with Crippen molar-refractivity contribution < 1.29 is 0 Å². The molecule has 0 saturated carbocycles. The highest BCUT2D eigenvalue weighted by Crippen LogP contribution is 2.02. The lowest BCUT2D eigenvalue weighted by atomic mass is 10.2. The normalized spacial score (nSPS) is 11.7. The SMILES string of the molecule is CCCNCCCCCCN(CC)CCCN(C)C. The Morgan fingerprint density at radius 1 is 0.737 bits per heavy atom. The predicted octanol–water partition coefficient (Wildman–Crippen LogP) is 2.82. The molecular formula is C16H37N3. The molecule has 0 atom stereocenters. The van der Waals surface area contributed by atoms with Crippen LogP contribution in [0.2, 0.25) is 0 Å². The molecule has 0 aliphatic heterocycles. The van der Waals surface area contributed by atoms with Gasteiger partial charge in [-0.3, -0.25) is 0 Å². The molecule has 0 radical (unpaired) electrons. The summed E-state index contributed by atoms with van der Waals surface area (Å²) in [4.78, 5) is 4.87. The van der Waals surface area contributed by atoms with E-state index in [9.17, 15) is 0 Å². The lowest BCUT2D eigenvalue weighted by Gasteiger charge is -2.21. The van der Waals surface area contributed by atoms with Crippen molar-refractivity contribution in [2.45, 2.75) is 52.4 Å². The van der Waals surface area contributed by atoms with E-state index in [0.717, 1.165) is 0 Å². The summed E-state index contributed by atoms with van der Waals surface area (Å²) in [5.74, 6) is 0. The zero-order valence-electron chi connectivity index (χ0n) is 13.9. The van der Waals surface area contributed by atoms with Crippen LogP contribution in [-0.4, -0.2) is 63.2 Å². The summed E-state index contributed by atoms with van der Waals surface area (Å²) in [6, 6.07) is 0. The maximum absolute atomic E-state index is 3.47. The Labute approximate surface area is 121 Å². The van der Waals surface area contributed by atoms with E-state index in [1.807, 2.05) is 0 Å². The van der Waals surface area contributed by atoms with Crippen LogP contribution in [0.3, 0.4) is 0 Å². The van der Waals surface area contributed by atoms with Gasteiger partial charge >= 0.3 is 0 Å². The fourth-order valence-corrected chi connectivity index (χ4v) is 2.28. The highest BCUT2D eigenvalue weighted by molar-refractivity contribution is 4.58. The second-order valence-corrected chi connectivity index (χ2v) is 5.76. The van der Waals surface area contributed by atoms with Gasteiger partial charge in [0.25, 0.3) is 0 Å². The Kier molecular flexibility index (Phi) is 14.2. The maximum Gasteiger partial charge on any atom is -0.000667 e. The maximum atomic E-state index is 3.47. The van der Waals surface area contributed by atoms with Crippen LogP contribution in [0.5, 0.6) is 0 Å². The third-order valence-electron chi connectivity index (χ3n) is 3.53. The second-order valence-electron chi connectivity index (χ2n) is 5.76. The minimum absolute atomic E-state index is 1.18. The van der Waals surface area contributed by atoms with Gasteiger partial charge in [-0.25, -0.2) is 0 Å². The van der Waals surface area contributed by atoms with Crippen molar-refractivity contribution in [2.24, 2.45) is 0 Å². The average Bonchev–Trinajstić information content (AvgIpc) is 2.39. The molecule has 0 aromatic carbocycles. The first-order valence-electron chi connectivity index (χ1n) is 8.28. The molecule has 0 amide bonds. The smallest absolute Gasteiger partial charge is 0.000667 e. The molecule has 3 nitrogen and oxygen atoms in total. The first kappa shape index (κ1) is 18.9. The molecule has 19 heavy (non-hydrogen) atoms. The van der Waals surface area contributed by atoms with Crippen molar-refractivity contribution >= 4 is 0 Å². The number of hydrogen-bond donors (Lipinski definition) is 1. The third kappa shape index (κ3) is 14.1. The minimum atomic E-state index is 1.18. The zero-order chi connectivity index (χ0) is 14.3. The summed E-state index contributed by atoms with van der Waals surface area (Å²) in [7, 11) is 4.31. The van der Waals surface area contributed by atoms with Crippen LogP contribution in [0.1, 0.15) is 52.4 Å². The molecule has 0 unspecified atom stereocenters. The molecular weight excluding hydrogens is 234 g/mol. The molecule has 0 heterocycles. The van der Waals surface area contributed by atoms with Crippen molar-refractivity contribution in [2.75, 3.05) is 53.4 Å². The monoisotopic (exact) mass is 271 g/mol. The molecule has 0 rings (SSSR count). The van der Waals surface area contributed by atoms with E-state index >= 15 is 0 Å². The number of nitrogens with zero attached hydrogens (tertiary/aromatic N) is 2. The quantitative estimate of drug-likeness (QED) is 0.490. The molecule has 0 aromatic heterocycles. The summed E-state index contributed by atoms with van der Waals surface area (Å²) in [5, 5.41) is 3.47. The van der Waals surface area contributed by atoms with Crippen molar-refractivity contribution in [1.29, 1.82) is 0 Å². The lowest BCUT2D eigenvalue weighted by molar-refractivity contribution is 0.260. The molecule has 0 aromatic rings. The molecule has 0 saturated heterocycles. The van der Waals surface area contributed by atoms with E-state index in [1.54, 1.807) is 0 Å². The molecule has 0 bridgehead atoms. The first-order chi connectivity index (χ1) is 9.20. The van der Waals surface area contributed by atoms with Crippen LogP contribution < -0.4 is 5.32 Å². The number of hydrogen-bond acceptors (Lipinski definition) is 3.